The summed E-state index contributed by atoms with van der Waals surface area (Å²) >= 11 is 1.34. The van der Waals surface area contributed by atoms with Crippen molar-refractivity contribution in [1.82, 2.24) is 4.98 Å². The lowest BCUT2D eigenvalue weighted by atomic mass is 10.1. The Kier molecular flexibility index (Phi) is 2.47. The molecule has 0 unspecified atom stereocenters. The Balaban J connectivity index is 2.21. The monoisotopic (exact) mass is 251 g/mol. The summed E-state index contributed by atoms with van der Waals surface area (Å²) < 4.78 is 0. The highest BCUT2D eigenvalue weighted by Crippen LogP contribution is 2.39. The molecule has 1 aromatic carbocycles. The predicted octanol–water partition coefficient (Wildman–Crippen LogP) is 4.10. The molecule has 0 saturated heterocycles. The maximum absolute atomic E-state index is 7.06. The van der Waals surface area contributed by atoms with Crippen molar-refractivity contribution in [2.24, 2.45) is 0 Å². The number of anilines is 1. The van der Waals surface area contributed by atoms with Gasteiger partial charge in [-0.2, -0.15) is 0 Å². The Bertz CT molecular complexity index is 754. The molecular formula is C14H9N3S. The van der Waals surface area contributed by atoms with Crippen molar-refractivity contribution in [3.63, 3.8) is 0 Å². The van der Waals surface area contributed by atoms with Gasteiger partial charge in [0.25, 0.3) is 5.00 Å². The van der Waals surface area contributed by atoms with E-state index in [-0.39, 0.29) is 0 Å². The van der Waals surface area contributed by atoms with Gasteiger partial charge in [0.15, 0.2) is 0 Å². The molecule has 2 N–H and O–H groups in total. The van der Waals surface area contributed by atoms with E-state index in [0.717, 1.165) is 21.5 Å². The fraction of sp³-hybridized carbons (Fsp3) is 0. The quantitative estimate of drug-likeness (QED) is 0.662. The van der Waals surface area contributed by atoms with Crippen LogP contribution in [-0.4, -0.2) is 4.98 Å². The van der Waals surface area contributed by atoms with E-state index in [1.165, 1.54) is 11.3 Å². The number of nitrogen functional groups attached to an aromatic ring is 1. The van der Waals surface area contributed by atoms with Crippen molar-refractivity contribution in [3.8, 4) is 11.3 Å². The van der Waals surface area contributed by atoms with Gasteiger partial charge < -0.3 is 5.73 Å². The van der Waals surface area contributed by atoms with Gasteiger partial charge in [0.05, 0.1) is 18.0 Å². The number of hydrogen-bond acceptors (Lipinski definition) is 3. The summed E-state index contributed by atoms with van der Waals surface area (Å²) in [6.07, 6.45) is 0. The van der Waals surface area contributed by atoms with Gasteiger partial charge in [-0.05, 0) is 12.1 Å². The molecule has 18 heavy (non-hydrogen) atoms. The van der Waals surface area contributed by atoms with Crippen LogP contribution in [-0.2, 0) is 0 Å². The molecule has 0 bridgehead atoms. The van der Waals surface area contributed by atoms with Crippen molar-refractivity contribution in [2.75, 3.05) is 5.73 Å². The highest BCUT2D eigenvalue weighted by molar-refractivity contribution is 7.23. The third-order valence-corrected chi connectivity index (χ3v) is 3.75. The van der Waals surface area contributed by atoms with Crippen molar-refractivity contribution < 1.29 is 0 Å². The molecule has 3 nitrogen and oxygen atoms in total. The average molecular weight is 251 g/mol. The number of thiophene rings is 1. The van der Waals surface area contributed by atoms with Crippen LogP contribution in [0.4, 0.5) is 10.7 Å². The Morgan fingerprint density at radius 3 is 2.61 bits per heavy atom. The zero-order chi connectivity index (χ0) is 12.5. The van der Waals surface area contributed by atoms with Crippen LogP contribution in [0.15, 0.2) is 42.5 Å². The zero-order valence-electron chi connectivity index (χ0n) is 9.42. The lowest BCUT2D eigenvalue weighted by Gasteiger charge is -2.00. The second kappa shape index (κ2) is 4.13. The molecule has 0 aliphatic heterocycles. The second-order valence-electron chi connectivity index (χ2n) is 3.85. The normalized spacial score (nSPS) is 10.4. The number of aromatic nitrogens is 1. The second-order valence-corrected chi connectivity index (χ2v) is 4.83. The molecule has 0 saturated carbocycles. The lowest BCUT2D eigenvalue weighted by molar-refractivity contribution is 1.43. The first-order valence-electron chi connectivity index (χ1n) is 5.41. The molecule has 2 aromatic heterocycles. The summed E-state index contributed by atoms with van der Waals surface area (Å²) in [5, 5.41) is 1.38. The third-order valence-electron chi connectivity index (χ3n) is 2.75. The highest BCUT2D eigenvalue weighted by atomic mass is 32.1. The van der Waals surface area contributed by atoms with Crippen molar-refractivity contribution in [2.45, 2.75) is 0 Å². The van der Waals surface area contributed by atoms with E-state index >= 15 is 0 Å². The Morgan fingerprint density at radius 1 is 1.11 bits per heavy atom. The lowest BCUT2D eigenvalue weighted by Crippen LogP contribution is -1.84. The molecule has 0 fully saturated rings. The molecular weight excluding hydrogens is 242 g/mol. The first kappa shape index (κ1) is 10.8. The van der Waals surface area contributed by atoms with Crippen LogP contribution >= 0.6 is 11.3 Å². The number of nitrogens with zero attached hydrogens (tertiary/aromatic N) is 2. The van der Waals surface area contributed by atoms with Crippen molar-refractivity contribution in [1.29, 1.82) is 0 Å². The molecule has 3 rings (SSSR count). The molecule has 86 valence electrons. The van der Waals surface area contributed by atoms with Crippen LogP contribution in [0.2, 0.25) is 0 Å². The van der Waals surface area contributed by atoms with Gasteiger partial charge in [0.2, 0.25) is 0 Å². The van der Waals surface area contributed by atoms with E-state index in [1.807, 2.05) is 42.5 Å². The van der Waals surface area contributed by atoms with Gasteiger partial charge in [-0.1, -0.05) is 30.3 Å². The summed E-state index contributed by atoms with van der Waals surface area (Å²) in [7, 11) is 0. The van der Waals surface area contributed by atoms with Gasteiger partial charge in [-0.15, -0.1) is 11.3 Å². The minimum atomic E-state index is 0.516. The molecule has 4 heteroatoms. The Morgan fingerprint density at radius 2 is 1.89 bits per heavy atom. The van der Waals surface area contributed by atoms with Crippen LogP contribution < -0.4 is 5.73 Å². The number of benzene rings is 1. The van der Waals surface area contributed by atoms with E-state index in [9.17, 15) is 0 Å². The number of pyridine rings is 1. The number of rotatable bonds is 1. The molecule has 0 aliphatic rings. The van der Waals surface area contributed by atoms with Crippen LogP contribution in [0.1, 0.15) is 0 Å². The summed E-state index contributed by atoms with van der Waals surface area (Å²) in [5.74, 6) is 0. The van der Waals surface area contributed by atoms with Crippen molar-refractivity contribution >= 4 is 32.2 Å². The van der Waals surface area contributed by atoms with Crippen LogP contribution in [0, 0.1) is 6.57 Å². The Labute approximate surface area is 108 Å². The van der Waals surface area contributed by atoms with Gasteiger partial charge in [-0.25, -0.2) is 9.83 Å². The van der Waals surface area contributed by atoms with Gasteiger partial charge in [-0.3, -0.25) is 0 Å². The fourth-order valence-electron chi connectivity index (χ4n) is 1.84. The van der Waals surface area contributed by atoms with E-state index < -0.39 is 0 Å². The number of fused-ring (bicyclic) bond motifs is 1. The summed E-state index contributed by atoms with van der Waals surface area (Å²) in [5.41, 5.74) is 8.40. The largest absolute Gasteiger partial charge is 0.406 e. The summed E-state index contributed by atoms with van der Waals surface area (Å²) in [6.45, 7) is 7.06. The van der Waals surface area contributed by atoms with E-state index in [4.69, 9.17) is 12.3 Å². The van der Waals surface area contributed by atoms with Crippen LogP contribution in [0.5, 0.6) is 0 Å². The predicted molar refractivity (Wildman–Crippen MR) is 75.7 cm³/mol. The molecule has 2 heterocycles. The minimum Gasteiger partial charge on any atom is -0.406 e. The molecule has 0 atom stereocenters. The SMILES string of the molecule is [C-]#[N+]c1sc2nc(-c3ccccc3)ccc2c1N. The Hall–Kier alpha value is -2.38. The van der Waals surface area contributed by atoms with Crippen LogP contribution in [0.25, 0.3) is 26.3 Å². The number of hydrogen-bond donors (Lipinski definition) is 1. The average Bonchev–Trinajstić information content (AvgIpc) is 2.76. The first-order valence-corrected chi connectivity index (χ1v) is 6.23. The van der Waals surface area contributed by atoms with E-state index in [2.05, 4.69) is 9.83 Å². The number of nitrogens with two attached hydrogens (primary N) is 1. The topological polar surface area (TPSA) is 43.3 Å². The molecule has 0 aliphatic carbocycles. The molecule has 3 aromatic rings. The zero-order valence-corrected chi connectivity index (χ0v) is 10.2. The maximum Gasteiger partial charge on any atom is 0.265 e. The molecule has 0 amide bonds. The summed E-state index contributed by atoms with van der Waals surface area (Å²) in [6, 6.07) is 13.8. The summed E-state index contributed by atoms with van der Waals surface area (Å²) in [4.78, 5) is 8.80. The third kappa shape index (κ3) is 1.62. The van der Waals surface area contributed by atoms with Gasteiger partial charge >= 0.3 is 0 Å². The van der Waals surface area contributed by atoms with E-state index in [0.29, 0.717) is 10.7 Å². The smallest absolute Gasteiger partial charge is 0.265 e. The minimum absolute atomic E-state index is 0.516. The maximum atomic E-state index is 7.06. The fourth-order valence-corrected chi connectivity index (χ4v) is 2.72. The van der Waals surface area contributed by atoms with Gasteiger partial charge in [0.1, 0.15) is 4.83 Å². The first-order chi connectivity index (χ1) is 8.79. The van der Waals surface area contributed by atoms with Crippen molar-refractivity contribution in [3.05, 3.63) is 53.9 Å². The highest BCUT2D eigenvalue weighted by Gasteiger charge is 2.10. The standard InChI is InChI=1S/C14H9N3S/c1-16-14-12(15)10-7-8-11(17-13(10)18-14)9-5-3-2-4-6-9/h2-8H,15H2. The van der Waals surface area contributed by atoms with E-state index in [1.54, 1.807) is 0 Å². The van der Waals surface area contributed by atoms with Crippen LogP contribution in [0.3, 0.4) is 0 Å². The molecule has 0 radical (unpaired) electrons. The molecule has 0 spiro atoms. The van der Waals surface area contributed by atoms with Gasteiger partial charge in [0, 0.05) is 10.9 Å².